The van der Waals surface area contributed by atoms with Crippen molar-refractivity contribution in [2.75, 3.05) is 44.7 Å². The maximum Gasteiger partial charge on any atom is 0.156 e. The fraction of sp³-hybridized carbons (Fsp3) is 0.429. The molecule has 2 fully saturated rings. The van der Waals surface area contributed by atoms with Crippen molar-refractivity contribution < 1.29 is 4.74 Å². The second-order valence-corrected chi connectivity index (χ2v) is 8.06. The van der Waals surface area contributed by atoms with Gasteiger partial charge in [-0.15, -0.1) is 17.0 Å². The lowest BCUT2D eigenvalue weighted by Gasteiger charge is -2.36. The summed E-state index contributed by atoms with van der Waals surface area (Å²) >= 11 is 12.6. The van der Waals surface area contributed by atoms with Crippen LogP contribution in [0.5, 0.6) is 5.75 Å². The van der Waals surface area contributed by atoms with E-state index < -0.39 is 0 Å². The van der Waals surface area contributed by atoms with Gasteiger partial charge in [-0.05, 0) is 36.0 Å². The first-order chi connectivity index (χ1) is 12.7. The SMILES string of the molecule is Br.COc1c(Cl)cc(N2CCN(C[C@H]3C[C@@H]3c3ccccc3)CC2)cc1Cl. The Kier molecular flexibility index (Phi) is 6.96. The summed E-state index contributed by atoms with van der Waals surface area (Å²) in [4.78, 5) is 4.95. The molecule has 4 rings (SSSR count). The van der Waals surface area contributed by atoms with E-state index in [1.54, 1.807) is 7.11 Å². The molecule has 1 saturated heterocycles. The second kappa shape index (κ2) is 9.04. The molecule has 0 aromatic heterocycles. The number of nitrogens with zero attached hydrogens (tertiary/aromatic N) is 2. The van der Waals surface area contributed by atoms with Gasteiger partial charge in [0.05, 0.1) is 17.2 Å². The molecule has 0 amide bonds. The Morgan fingerprint density at radius 1 is 1.00 bits per heavy atom. The van der Waals surface area contributed by atoms with Gasteiger partial charge in [-0.1, -0.05) is 53.5 Å². The van der Waals surface area contributed by atoms with Gasteiger partial charge in [0.25, 0.3) is 0 Å². The van der Waals surface area contributed by atoms with Crippen LogP contribution < -0.4 is 9.64 Å². The third-order valence-corrected chi connectivity index (χ3v) is 6.13. The molecule has 1 aliphatic carbocycles. The maximum atomic E-state index is 6.29. The predicted molar refractivity (Wildman–Crippen MR) is 119 cm³/mol. The quantitative estimate of drug-likeness (QED) is 0.572. The van der Waals surface area contributed by atoms with E-state index in [-0.39, 0.29) is 17.0 Å². The highest BCUT2D eigenvalue weighted by Crippen LogP contribution is 2.47. The summed E-state index contributed by atoms with van der Waals surface area (Å²) < 4.78 is 5.24. The van der Waals surface area contributed by atoms with E-state index in [0.717, 1.165) is 43.7 Å². The molecule has 2 atom stereocenters. The largest absolute Gasteiger partial charge is 0.494 e. The summed E-state index contributed by atoms with van der Waals surface area (Å²) in [5.41, 5.74) is 2.58. The van der Waals surface area contributed by atoms with Crippen LogP contribution in [0, 0.1) is 5.92 Å². The Morgan fingerprint density at radius 3 is 2.22 bits per heavy atom. The van der Waals surface area contributed by atoms with Gasteiger partial charge in [0.1, 0.15) is 0 Å². The molecule has 146 valence electrons. The number of anilines is 1. The number of benzene rings is 2. The highest BCUT2D eigenvalue weighted by molar-refractivity contribution is 8.93. The second-order valence-electron chi connectivity index (χ2n) is 7.24. The lowest BCUT2D eigenvalue weighted by atomic mass is 10.1. The number of halogens is 3. The molecule has 0 spiro atoms. The Balaban J connectivity index is 0.00000210. The summed E-state index contributed by atoms with van der Waals surface area (Å²) in [6.45, 7) is 5.37. The van der Waals surface area contributed by atoms with Crippen molar-refractivity contribution in [1.29, 1.82) is 0 Å². The molecule has 6 heteroatoms. The fourth-order valence-corrected chi connectivity index (χ4v) is 4.63. The number of hydrogen-bond donors (Lipinski definition) is 0. The lowest BCUT2D eigenvalue weighted by Crippen LogP contribution is -2.47. The van der Waals surface area contributed by atoms with E-state index >= 15 is 0 Å². The molecule has 1 heterocycles. The van der Waals surface area contributed by atoms with E-state index in [2.05, 4.69) is 40.1 Å². The van der Waals surface area contributed by atoms with E-state index in [4.69, 9.17) is 27.9 Å². The zero-order valence-corrected chi connectivity index (χ0v) is 18.6. The van der Waals surface area contributed by atoms with Crippen LogP contribution in [0.25, 0.3) is 0 Å². The molecule has 1 aliphatic heterocycles. The van der Waals surface area contributed by atoms with Crippen LogP contribution in [0.1, 0.15) is 17.9 Å². The third-order valence-electron chi connectivity index (χ3n) is 5.57. The molecule has 2 aliphatic rings. The summed E-state index contributed by atoms with van der Waals surface area (Å²) in [5.74, 6) is 2.12. The minimum atomic E-state index is 0. The Hall–Kier alpha value is -0.940. The van der Waals surface area contributed by atoms with Gasteiger partial charge in [0, 0.05) is 38.4 Å². The van der Waals surface area contributed by atoms with E-state index in [9.17, 15) is 0 Å². The molecule has 2 aromatic rings. The van der Waals surface area contributed by atoms with Gasteiger partial charge in [-0.3, -0.25) is 4.90 Å². The molecule has 0 N–H and O–H groups in total. The highest BCUT2D eigenvalue weighted by Gasteiger charge is 2.39. The molecule has 0 radical (unpaired) electrons. The summed E-state index contributed by atoms with van der Waals surface area (Å²) in [6, 6.07) is 14.8. The van der Waals surface area contributed by atoms with Crippen molar-refractivity contribution >= 4 is 45.9 Å². The summed E-state index contributed by atoms with van der Waals surface area (Å²) in [7, 11) is 1.59. The highest BCUT2D eigenvalue weighted by atomic mass is 79.9. The molecule has 2 aromatic carbocycles. The van der Waals surface area contributed by atoms with Crippen LogP contribution in [0.2, 0.25) is 10.0 Å². The van der Waals surface area contributed by atoms with Crippen LogP contribution in [0.4, 0.5) is 5.69 Å². The number of piperazine rings is 1. The van der Waals surface area contributed by atoms with Gasteiger partial charge >= 0.3 is 0 Å². The van der Waals surface area contributed by atoms with Crippen molar-refractivity contribution in [3.05, 3.63) is 58.1 Å². The number of ether oxygens (including phenoxy) is 1. The third kappa shape index (κ3) is 4.73. The number of methoxy groups -OCH3 is 1. The van der Waals surface area contributed by atoms with Crippen molar-refractivity contribution in [3.8, 4) is 5.75 Å². The lowest BCUT2D eigenvalue weighted by molar-refractivity contribution is 0.246. The average molecular weight is 472 g/mol. The summed E-state index contributed by atoms with van der Waals surface area (Å²) in [6.07, 6.45) is 1.33. The Labute approximate surface area is 182 Å². The summed E-state index contributed by atoms with van der Waals surface area (Å²) in [5, 5.41) is 1.14. The van der Waals surface area contributed by atoms with Crippen LogP contribution in [0.15, 0.2) is 42.5 Å². The number of hydrogen-bond acceptors (Lipinski definition) is 3. The molecular weight excluding hydrogens is 447 g/mol. The molecule has 1 saturated carbocycles. The minimum Gasteiger partial charge on any atom is -0.494 e. The van der Waals surface area contributed by atoms with Crippen LogP contribution in [-0.4, -0.2) is 44.7 Å². The molecule has 0 unspecified atom stereocenters. The van der Waals surface area contributed by atoms with Crippen LogP contribution in [0.3, 0.4) is 0 Å². The van der Waals surface area contributed by atoms with Gasteiger partial charge < -0.3 is 9.64 Å². The van der Waals surface area contributed by atoms with Crippen molar-refractivity contribution in [3.63, 3.8) is 0 Å². The predicted octanol–water partition coefficient (Wildman–Crippen LogP) is 5.51. The minimum absolute atomic E-state index is 0. The van der Waals surface area contributed by atoms with Gasteiger partial charge in [0.15, 0.2) is 5.75 Å². The smallest absolute Gasteiger partial charge is 0.156 e. The van der Waals surface area contributed by atoms with Gasteiger partial charge in [-0.25, -0.2) is 0 Å². The van der Waals surface area contributed by atoms with E-state index in [1.165, 1.54) is 18.5 Å². The van der Waals surface area contributed by atoms with E-state index in [1.807, 2.05) is 12.1 Å². The number of rotatable bonds is 5. The standard InChI is InChI=1S/C21H24Cl2N2O.BrH/c1-26-21-19(22)12-17(13-20(21)23)25-9-7-24(8-10-25)14-16-11-18(16)15-5-3-2-4-6-15;/h2-6,12-13,16,18H,7-11,14H2,1H3;1H/t16-,18-;/m1./s1. The van der Waals surface area contributed by atoms with Crippen LogP contribution >= 0.6 is 40.2 Å². The maximum absolute atomic E-state index is 6.29. The first-order valence-electron chi connectivity index (χ1n) is 9.21. The zero-order valence-electron chi connectivity index (χ0n) is 15.4. The van der Waals surface area contributed by atoms with Gasteiger partial charge in [-0.2, -0.15) is 0 Å². The van der Waals surface area contributed by atoms with Crippen molar-refractivity contribution in [1.82, 2.24) is 4.90 Å². The molecule has 27 heavy (non-hydrogen) atoms. The Morgan fingerprint density at radius 2 is 1.63 bits per heavy atom. The van der Waals surface area contributed by atoms with Crippen molar-refractivity contribution in [2.24, 2.45) is 5.92 Å². The monoisotopic (exact) mass is 470 g/mol. The topological polar surface area (TPSA) is 15.7 Å². The zero-order chi connectivity index (χ0) is 18.1. The van der Waals surface area contributed by atoms with E-state index in [0.29, 0.717) is 15.8 Å². The Bertz CT molecular complexity index is 743. The molecular formula is C21H25BrCl2N2O. The normalized spacial score (nSPS) is 22.3. The fourth-order valence-electron chi connectivity index (χ4n) is 4.00. The van der Waals surface area contributed by atoms with Gasteiger partial charge in [0.2, 0.25) is 0 Å². The average Bonchev–Trinajstić information content (AvgIpc) is 3.42. The van der Waals surface area contributed by atoms with Crippen LogP contribution in [-0.2, 0) is 0 Å². The molecule has 0 bridgehead atoms. The first kappa shape index (κ1) is 20.8. The van der Waals surface area contributed by atoms with Crippen molar-refractivity contribution in [2.45, 2.75) is 12.3 Å². The molecule has 3 nitrogen and oxygen atoms in total. The first-order valence-corrected chi connectivity index (χ1v) is 9.96.